The Bertz CT molecular complexity index is 1500. The lowest BCUT2D eigenvalue weighted by Crippen LogP contribution is -2.02. The molecule has 2 aromatic heterocycles. The van der Waals surface area contributed by atoms with Gasteiger partial charge in [0.2, 0.25) is 5.95 Å². The van der Waals surface area contributed by atoms with Crippen LogP contribution in [0.4, 0.5) is 23.1 Å². The molecule has 0 amide bonds. The molecule has 0 saturated heterocycles. The number of aryl methyl sites for hydroxylation is 1. The van der Waals surface area contributed by atoms with Crippen LogP contribution in [-0.2, 0) is 0 Å². The molecular formula is C27H19N7O. The molecule has 8 nitrogen and oxygen atoms in total. The first-order chi connectivity index (χ1) is 17.1. The van der Waals surface area contributed by atoms with E-state index in [0.29, 0.717) is 28.7 Å². The van der Waals surface area contributed by atoms with Crippen molar-refractivity contribution in [2.45, 2.75) is 13.3 Å². The van der Waals surface area contributed by atoms with Crippen LogP contribution in [0.15, 0.2) is 77.0 Å². The van der Waals surface area contributed by atoms with Crippen molar-refractivity contribution in [2.75, 3.05) is 10.6 Å². The highest BCUT2D eigenvalue weighted by Gasteiger charge is 2.14. The minimum Gasteiger partial charge on any atom is -0.464 e. The third-order valence-corrected chi connectivity index (χ3v) is 5.08. The van der Waals surface area contributed by atoms with Gasteiger partial charge in [-0.1, -0.05) is 0 Å². The van der Waals surface area contributed by atoms with Crippen LogP contribution in [0.1, 0.15) is 23.1 Å². The first-order valence-corrected chi connectivity index (χ1v) is 10.6. The molecule has 0 radical (unpaired) electrons. The lowest BCUT2D eigenvalue weighted by Gasteiger charge is -2.15. The molecule has 0 spiro atoms. The molecule has 35 heavy (non-hydrogen) atoms. The second kappa shape index (κ2) is 10.5. The van der Waals surface area contributed by atoms with E-state index >= 15 is 0 Å². The summed E-state index contributed by atoms with van der Waals surface area (Å²) in [6, 6.07) is 22.4. The zero-order valence-electron chi connectivity index (χ0n) is 18.8. The first-order valence-electron chi connectivity index (χ1n) is 10.6. The topological polar surface area (TPSA) is 134 Å². The van der Waals surface area contributed by atoms with Gasteiger partial charge in [-0.25, -0.2) is 4.98 Å². The standard InChI is InChI=1S/C27H19N7O/c1-18-13-21(14-20(17-30)8-10-28)15-23(24-3-2-12-35-24)26(18)33-25-9-11-31-27(34-25)32-22-6-4-19(16-29)5-7-22/h2-7,9,11-15H,8H2,1H3,(H2,31,32,33,34). The van der Waals surface area contributed by atoms with Crippen molar-refractivity contribution in [1.82, 2.24) is 9.97 Å². The normalized spacial score (nSPS) is 10.6. The minimum absolute atomic E-state index is 0.0432. The maximum Gasteiger partial charge on any atom is 0.229 e. The van der Waals surface area contributed by atoms with Crippen LogP contribution >= 0.6 is 0 Å². The predicted molar refractivity (Wildman–Crippen MR) is 132 cm³/mol. The zero-order chi connectivity index (χ0) is 24.6. The predicted octanol–water partition coefficient (Wildman–Crippen LogP) is 6.22. The Balaban J connectivity index is 1.67. The Labute approximate surface area is 202 Å². The molecule has 0 saturated carbocycles. The largest absolute Gasteiger partial charge is 0.464 e. The smallest absolute Gasteiger partial charge is 0.229 e. The van der Waals surface area contributed by atoms with E-state index < -0.39 is 0 Å². The summed E-state index contributed by atoms with van der Waals surface area (Å²) >= 11 is 0. The number of nitrogens with one attached hydrogen (secondary N) is 2. The lowest BCUT2D eigenvalue weighted by molar-refractivity contribution is 0.582. The van der Waals surface area contributed by atoms with Crippen LogP contribution in [0.5, 0.6) is 0 Å². The van der Waals surface area contributed by atoms with E-state index in [2.05, 4.69) is 32.7 Å². The van der Waals surface area contributed by atoms with E-state index in [0.717, 1.165) is 28.1 Å². The highest BCUT2D eigenvalue weighted by molar-refractivity contribution is 5.83. The number of hydrogen-bond donors (Lipinski definition) is 2. The zero-order valence-corrected chi connectivity index (χ0v) is 18.8. The van der Waals surface area contributed by atoms with Gasteiger partial charge in [-0.3, -0.25) is 0 Å². The van der Waals surface area contributed by atoms with E-state index in [-0.39, 0.29) is 6.42 Å². The van der Waals surface area contributed by atoms with Crippen molar-refractivity contribution in [3.8, 4) is 29.5 Å². The fraction of sp³-hybridized carbons (Fsp3) is 0.0741. The van der Waals surface area contributed by atoms with Gasteiger partial charge in [0, 0.05) is 23.0 Å². The maximum absolute atomic E-state index is 9.31. The molecule has 0 unspecified atom stereocenters. The molecule has 0 aliphatic carbocycles. The van der Waals surface area contributed by atoms with E-state index in [1.807, 2.05) is 31.2 Å². The molecule has 0 aliphatic heterocycles. The summed E-state index contributed by atoms with van der Waals surface area (Å²) in [6.07, 6.45) is 4.98. The van der Waals surface area contributed by atoms with Crippen molar-refractivity contribution in [1.29, 1.82) is 15.8 Å². The van der Waals surface area contributed by atoms with Gasteiger partial charge in [0.25, 0.3) is 0 Å². The van der Waals surface area contributed by atoms with E-state index in [1.54, 1.807) is 54.9 Å². The van der Waals surface area contributed by atoms with Crippen LogP contribution in [0.3, 0.4) is 0 Å². The maximum atomic E-state index is 9.31. The summed E-state index contributed by atoms with van der Waals surface area (Å²) in [5, 5.41) is 33.7. The summed E-state index contributed by atoms with van der Waals surface area (Å²) < 4.78 is 5.66. The number of furan rings is 1. The van der Waals surface area contributed by atoms with Crippen LogP contribution in [0.2, 0.25) is 0 Å². The molecule has 0 atom stereocenters. The molecule has 8 heteroatoms. The molecule has 2 N–H and O–H groups in total. The molecule has 4 aromatic rings. The Morgan fingerprint density at radius 3 is 2.57 bits per heavy atom. The van der Waals surface area contributed by atoms with Gasteiger partial charge in [-0.15, -0.1) is 0 Å². The van der Waals surface area contributed by atoms with Crippen LogP contribution in [0, 0.1) is 40.9 Å². The number of benzene rings is 2. The fourth-order valence-corrected chi connectivity index (χ4v) is 3.47. The number of anilines is 4. The van der Waals surface area contributed by atoms with E-state index in [1.165, 1.54) is 0 Å². The van der Waals surface area contributed by atoms with Gasteiger partial charge in [-0.2, -0.15) is 20.8 Å². The molecule has 168 valence electrons. The molecule has 4 rings (SSSR count). The Morgan fingerprint density at radius 2 is 1.89 bits per heavy atom. The van der Waals surface area contributed by atoms with Gasteiger partial charge >= 0.3 is 0 Å². The third kappa shape index (κ3) is 5.51. The average Bonchev–Trinajstić information content (AvgIpc) is 3.41. The Hall–Kier alpha value is -5.39. The highest BCUT2D eigenvalue weighted by Crippen LogP contribution is 2.35. The van der Waals surface area contributed by atoms with E-state index in [9.17, 15) is 5.26 Å². The Kier molecular flexibility index (Phi) is 6.83. The molecule has 2 heterocycles. The molecule has 2 aromatic carbocycles. The number of rotatable bonds is 7. The van der Waals surface area contributed by atoms with Crippen molar-refractivity contribution >= 4 is 29.2 Å². The summed E-state index contributed by atoms with van der Waals surface area (Å²) in [5.74, 6) is 1.61. The number of nitrogens with zero attached hydrogens (tertiary/aromatic N) is 5. The number of hydrogen-bond acceptors (Lipinski definition) is 8. The second-order valence-electron chi connectivity index (χ2n) is 7.56. The molecule has 0 aliphatic rings. The van der Waals surface area contributed by atoms with Gasteiger partial charge in [0.1, 0.15) is 11.6 Å². The average molecular weight is 457 g/mol. The summed E-state index contributed by atoms with van der Waals surface area (Å²) in [6.45, 7) is 1.94. The Morgan fingerprint density at radius 1 is 1.06 bits per heavy atom. The second-order valence-corrected chi connectivity index (χ2v) is 7.56. The van der Waals surface area contributed by atoms with Crippen LogP contribution < -0.4 is 10.6 Å². The number of allylic oxidation sites excluding steroid dienone is 1. The number of nitriles is 3. The van der Waals surface area contributed by atoms with Crippen LogP contribution in [-0.4, -0.2) is 9.97 Å². The fourth-order valence-electron chi connectivity index (χ4n) is 3.47. The van der Waals surface area contributed by atoms with Crippen molar-refractivity contribution in [3.05, 3.63) is 89.3 Å². The van der Waals surface area contributed by atoms with Gasteiger partial charge < -0.3 is 15.1 Å². The first kappa shape index (κ1) is 22.8. The minimum atomic E-state index is 0.0432. The van der Waals surface area contributed by atoms with Crippen molar-refractivity contribution in [3.63, 3.8) is 0 Å². The third-order valence-electron chi connectivity index (χ3n) is 5.08. The summed E-state index contributed by atoms with van der Waals surface area (Å²) in [5.41, 5.74) is 4.98. The SMILES string of the molecule is Cc1cc(C=C(C#N)CC#N)cc(-c2ccco2)c1Nc1ccnc(Nc2ccc(C#N)cc2)n1. The molecular weight excluding hydrogens is 438 g/mol. The summed E-state index contributed by atoms with van der Waals surface area (Å²) in [7, 11) is 0. The van der Waals surface area contributed by atoms with Crippen LogP contribution in [0.25, 0.3) is 17.4 Å². The van der Waals surface area contributed by atoms with E-state index in [4.69, 9.17) is 14.9 Å². The molecule has 0 fully saturated rings. The molecule has 0 bridgehead atoms. The summed E-state index contributed by atoms with van der Waals surface area (Å²) in [4.78, 5) is 8.83. The lowest BCUT2D eigenvalue weighted by atomic mass is 9.99. The van der Waals surface area contributed by atoms with Gasteiger partial charge in [-0.05, 0) is 78.7 Å². The van der Waals surface area contributed by atoms with Gasteiger partial charge in [0.05, 0.1) is 42.1 Å². The highest BCUT2D eigenvalue weighted by atomic mass is 16.3. The number of aromatic nitrogens is 2. The quantitative estimate of drug-likeness (QED) is 0.312. The monoisotopic (exact) mass is 457 g/mol. The van der Waals surface area contributed by atoms with Gasteiger partial charge in [0.15, 0.2) is 0 Å². The van der Waals surface area contributed by atoms with Crippen molar-refractivity contribution in [2.24, 2.45) is 0 Å². The van der Waals surface area contributed by atoms with Crippen molar-refractivity contribution < 1.29 is 4.42 Å².